The SMILES string of the molecule is CCc1c(-c2ccccc2)nnn1-c1ccccc1. The molecule has 19 heavy (non-hydrogen) atoms. The summed E-state index contributed by atoms with van der Waals surface area (Å²) in [5, 5.41) is 8.65. The van der Waals surface area contributed by atoms with Gasteiger partial charge in [-0.15, -0.1) is 5.10 Å². The molecule has 0 saturated heterocycles. The molecular weight excluding hydrogens is 234 g/mol. The highest BCUT2D eigenvalue weighted by Gasteiger charge is 2.13. The van der Waals surface area contributed by atoms with Crippen LogP contribution in [0.4, 0.5) is 0 Å². The molecule has 2 aromatic carbocycles. The van der Waals surface area contributed by atoms with Crippen molar-refractivity contribution in [1.82, 2.24) is 15.0 Å². The molecule has 0 N–H and O–H groups in total. The van der Waals surface area contributed by atoms with Crippen LogP contribution in [0.25, 0.3) is 16.9 Å². The van der Waals surface area contributed by atoms with Gasteiger partial charge in [0.1, 0.15) is 5.69 Å². The zero-order valence-electron chi connectivity index (χ0n) is 10.8. The molecule has 0 spiro atoms. The van der Waals surface area contributed by atoms with E-state index in [4.69, 9.17) is 0 Å². The summed E-state index contributed by atoms with van der Waals surface area (Å²) >= 11 is 0. The van der Waals surface area contributed by atoms with E-state index in [1.807, 2.05) is 53.2 Å². The Hall–Kier alpha value is -2.42. The summed E-state index contributed by atoms with van der Waals surface area (Å²) in [6.07, 6.45) is 0.895. The molecule has 3 rings (SSSR count). The van der Waals surface area contributed by atoms with E-state index in [0.717, 1.165) is 29.1 Å². The fraction of sp³-hybridized carbons (Fsp3) is 0.125. The quantitative estimate of drug-likeness (QED) is 0.711. The molecule has 0 aliphatic heterocycles. The van der Waals surface area contributed by atoms with Crippen molar-refractivity contribution in [1.29, 1.82) is 0 Å². The minimum atomic E-state index is 0.895. The van der Waals surface area contributed by atoms with Crippen molar-refractivity contribution >= 4 is 0 Å². The van der Waals surface area contributed by atoms with Crippen LogP contribution in [0, 0.1) is 0 Å². The van der Waals surface area contributed by atoms with Crippen LogP contribution < -0.4 is 0 Å². The van der Waals surface area contributed by atoms with Crippen molar-refractivity contribution in [2.75, 3.05) is 0 Å². The van der Waals surface area contributed by atoms with E-state index >= 15 is 0 Å². The number of aromatic nitrogens is 3. The van der Waals surface area contributed by atoms with Crippen LogP contribution in [0.5, 0.6) is 0 Å². The molecule has 0 amide bonds. The summed E-state index contributed by atoms with van der Waals surface area (Å²) in [5.74, 6) is 0. The summed E-state index contributed by atoms with van der Waals surface area (Å²) < 4.78 is 1.92. The number of rotatable bonds is 3. The first-order chi connectivity index (χ1) is 9.40. The fourth-order valence-corrected chi connectivity index (χ4v) is 2.22. The third kappa shape index (κ3) is 2.15. The van der Waals surface area contributed by atoms with E-state index in [1.165, 1.54) is 0 Å². The summed E-state index contributed by atoms with van der Waals surface area (Å²) in [5.41, 5.74) is 4.26. The lowest BCUT2D eigenvalue weighted by atomic mass is 10.1. The minimum absolute atomic E-state index is 0.895. The van der Waals surface area contributed by atoms with Crippen LogP contribution in [0.3, 0.4) is 0 Å². The van der Waals surface area contributed by atoms with Gasteiger partial charge >= 0.3 is 0 Å². The van der Waals surface area contributed by atoms with Crippen LogP contribution in [0.2, 0.25) is 0 Å². The Labute approximate surface area is 112 Å². The van der Waals surface area contributed by atoms with Crippen molar-refractivity contribution in [3.63, 3.8) is 0 Å². The smallest absolute Gasteiger partial charge is 0.116 e. The number of benzene rings is 2. The van der Waals surface area contributed by atoms with Gasteiger partial charge in [0.2, 0.25) is 0 Å². The molecular formula is C16H15N3. The van der Waals surface area contributed by atoms with Crippen LogP contribution >= 0.6 is 0 Å². The Morgan fingerprint density at radius 3 is 2.16 bits per heavy atom. The number of hydrogen-bond donors (Lipinski definition) is 0. The van der Waals surface area contributed by atoms with Crippen LogP contribution in [0.1, 0.15) is 12.6 Å². The molecule has 1 heterocycles. The van der Waals surface area contributed by atoms with Gasteiger partial charge in [-0.1, -0.05) is 60.7 Å². The molecule has 0 aliphatic carbocycles. The third-order valence-electron chi connectivity index (χ3n) is 3.15. The standard InChI is InChI=1S/C16H15N3/c1-2-15-16(13-9-5-3-6-10-13)17-18-19(15)14-11-7-4-8-12-14/h3-12H,2H2,1H3. The average Bonchev–Trinajstić information content (AvgIpc) is 2.93. The first-order valence-corrected chi connectivity index (χ1v) is 6.45. The number of nitrogens with zero attached hydrogens (tertiary/aromatic N) is 3. The fourth-order valence-electron chi connectivity index (χ4n) is 2.22. The van der Waals surface area contributed by atoms with E-state index in [0.29, 0.717) is 0 Å². The molecule has 3 aromatic rings. The van der Waals surface area contributed by atoms with Crippen molar-refractivity contribution in [3.8, 4) is 16.9 Å². The first kappa shape index (κ1) is 11.7. The third-order valence-corrected chi connectivity index (χ3v) is 3.15. The van der Waals surface area contributed by atoms with Crippen molar-refractivity contribution in [2.45, 2.75) is 13.3 Å². The highest BCUT2D eigenvalue weighted by Crippen LogP contribution is 2.23. The Morgan fingerprint density at radius 2 is 1.53 bits per heavy atom. The topological polar surface area (TPSA) is 30.7 Å². The van der Waals surface area contributed by atoms with Crippen LogP contribution in [0.15, 0.2) is 60.7 Å². The predicted molar refractivity (Wildman–Crippen MR) is 76.2 cm³/mol. The zero-order valence-corrected chi connectivity index (χ0v) is 10.8. The maximum Gasteiger partial charge on any atom is 0.116 e. The Morgan fingerprint density at radius 1 is 0.895 bits per heavy atom. The number of hydrogen-bond acceptors (Lipinski definition) is 2. The van der Waals surface area contributed by atoms with Gasteiger partial charge in [-0.25, -0.2) is 4.68 Å². The van der Waals surface area contributed by atoms with Gasteiger partial charge in [-0.3, -0.25) is 0 Å². The lowest BCUT2D eigenvalue weighted by Crippen LogP contribution is -2.01. The lowest BCUT2D eigenvalue weighted by Gasteiger charge is -2.05. The second kappa shape index (κ2) is 5.06. The molecule has 94 valence electrons. The van der Waals surface area contributed by atoms with Gasteiger partial charge in [0, 0.05) is 5.56 Å². The maximum atomic E-state index is 4.35. The highest BCUT2D eigenvalue weighted by atomic mass is 15.4. The van der Waals surface area contributed by atoms with Gasteiger partial charge in [0.25, 0.3) is 0 Å². The lowest BCUT2D eigenvalue weighted by molar-refractivity contribution is 0.767. The van der Waals surface area contributed by atoms with Gasteiger partial charge in [0.05, 0.1) is 11.4 Å². The largest absolute Gasteiger partial charge is 0.217 e. The van der Waals surface area contributed by atoms with Gasteiger partial charge in [0.15, 0.2) is 0 Å². The van der Waals surface area contributed by atoms with E-state index in [9.17, 15) is 0 Å². The zero-order chi connectivity index (χ0) is 13.1. The molecule has 3 nitrogen and oxygen atoms in total. The van der Waals surface area contributed by atoms with Crippen LogP contribution in [-0.4, -0.2) is 15.0 Å². The second-order valence-corrected chi connectivity index (χ2v) is 4.35. The summed E-state index contributed by atoms with van der Waals surface area (Å²) in [7, 11) is 0. The second-order valence-electron chi connectivity index (χ2n) is 4.35. The molecule has 0 atom stereocenters. The Kier molecular flexibility index (Phi) is 3.11. The molecule has 3 heteroatoms. The van der Waals surface area contributed by atoms with Crippen molar-refractivity contribution in [3.05, 3.63) is 66.4 Å². The summed E-state index contributed by atoms with van der Waals surface area (Å²) in [4.78, 5) is 0. The first-order valence-electron chi connectivity index (χ1n) is 6.45. The summed E-state index contributed by atoms with van der Waals surface area (Å²) in [6, 6.07) is 20.3. The average molecular weight is 249 g/mol. The number of para-hydroxylation sites is 1. The Bertz CT molecular complexity index is 600. The van der Waals surface area contributed by atoms with Gasteiger partial charge < -0.3 is 0 Å². The van der Waals surface area contributed by atoms with E-state index < -0.39 is 0 Å². The molecule has 0 unspecified atom stereocenters. The molecule has 0 aliphatic rings. The van der Waals surface area contributed by atoms with Crippen molar-refractivity contribution in [2.24, 2.45) is 0 Å². The highest BCUT2D eigenvalue weighted by molar-refractivity contribution is 5.62. The summed E-state index contributed by atoms with van der Waals surface area (Å²) in [6.45, 7) is 2.13. The molecule has 0 radical (unpaired) electrons. The maximum absolute atomic E-state index is 4.35. The van der Waals surface area contributed by atoms with E-state index in [-0.39, 0.29) is 0 Å². The molecule has 1 aromatic heterocycles. The monoisotopic (exact) mass is 249 g/mol. The van der Waals surface area contributed by atoms with Crippen molar-refractivity contribution < 1.29 is 0 Å². The molecule has 0 saturated carbocycles. The predicted octanol–water partition coefficient (Wildman–Crippen LogP) is 3.50. The Balaban J connectivity index is 2.13. The van der Waals surface area contributed by atoms with Gasteiger partial charge in [-0.2, -0.15) is 0 Å². The minimum Gasteiger partial charge on any atom is -0.217 e. The van der Waals surface area contributed by atoms with Gasteiger partial charge in [-0.05, 0) is 18.6 Å². The van der Waals surface area contributed by atoms with E-state index in [2.05, 4.69) is 29.4 Å². The molecule has 0 bridgehead atoms. The molecule has 0 fully saturated rings. The van der Waals surface area contributed by atoms with Crippen LogP contribution in [-0.2, 0) is 6.42 Å². The van der Waals surface area contributed by atoms with E-state index in [1.54, 1.807) is 0 Å². The normalized spacial score (nSPS) is 10.6.